The Morgan fingerprint density at radius 1 is 0.574 bits per heavy atom. The van der Waals surface area contributed by atoms with Crippen LogP contribution in [-0.2, 0) is 46.1 Å². The van der Waals surface area contributed by atoms with Crippen molar-refractivity contribution in [1.29, 1.82) is 0 Å². The quantitative estimate of drug-likeness (QED) is 0.0440. The number of methoxy groups -OCH3 is 2. The predicted molar refractivity (Wildman–Crippen MR) is 265 cm³/mol. The second kappa shape index (κ2) is 32.4. The number of ether oxygens (including phenoxy) is 8. The number of H-pyrrole nitrogens is 1. The van der Waals surface area contributed by atoms with Gasteiger partial charge in [-0.2, -0.15) is 0 Å². The molecule has 6 bridgehead atoms. The van der Waals surface area contributed by atoms with Crippen molar-refractivity contribution in [1.82, 2.24) is 24.9 Å². The number of benzene rings is 1. The first-order chi connectivity index (χ1) is 32.6. The van der Waals surface area contributed by atoms with Crippen LogP contribution in [0.15, 0.2) is 36.7 Å². The van der Waals surface area contributed by atoms with Crippen LogP contribution >= 0.6 is 0 Å². The van der Waals surface area contributed by atoms with Crippen molar-refractivity contribution in [2.45, 2.75) is 73.1 Å². The number of aromatic amines is 1. The van der Waals surface area contributed by atoms with Gasteiger partial charge in [-0.05, 0) is 97.9 Å². The van der Waals surface area contributed by atoms with Crippen LogP contribution in [0.25, 0.3) is 44.4 Å². The molecular weight excluding hydrogens is 932 g/mol. The summed E-state index contributed by atoms with van der Waals surface area (Å²) in [6.45, 7) is 14.6. The van der Waals surface area contributed by atoms with Gasteiger partial charge in [0.2, 0.25) is 0 Å². The third-order valence-corrected chi connectivity index (χ3v) is 10.8. The summed E-state index contributed by atoms with van der Waals surface area (Å²) in [5, 5.41) is 27.1. The fourth-order valence-corrected chi connectivity index (χ4v) is 7.42. The number of rotatable bonds is 28. The van der Waals surface area contributed by atoms with Gasteiger partial charge >= 0.3 is 19.8 Å². The van der Waals surface area contributed by atoms with Crippen LogP contribution in [0.3, 0.4) is 0 Å². The summed E-state index contributed by atoms with van der Waals surface area (Å²) < 4.78 is 45.3. The normalized spacial score (nSPS) is 12.1. The second-order valence-corrected chi connectivity index (χ2v) is 15.5. The molecule has 4 N–H and O–H groups in total. The molecule has 2 aliphatic heterocycles. The van der Waals surface area contributed by atoms with Crippen molar-refractivity contribution in [3.05, 3.63) is 70.6 Å². The standard InChI is InChI=1S/C48H67N5O10.C2H4O2.Ga/c1-7-35-36(8-2)40-28-42-38(12-10-14-55)34(4)46(53-42)32-50-44-30-48(63-26-24-61-22-20-59-18-16-57-6)47(62-25-23-60-21-19-58-17-15-56-5)29-43(44)49-31-45-33(3)37(11-9-13-54)41(52-45)27-39(35)51-40;1-2(3)4;/h27-32,51,54-55H,7-26H2,1-6H3;1H3,(H,3,4);/q;;+3. The molecule has 2 aromatic heterocycles. The fourth-order valence-electron chi connectivity index (χ4n) is 7.42. The minimum atomic E-state index is -0.833. The third kappa shape index (κ3) is 18.1. The van der Waals surface area contributed by atoms with E-state index in [9.17, 15) is 10.2 Å². The summed E-state index contributed by atoms with van der Waals surface area (Å²) in [7, 11) is 3.28. The molecule has 0 spiro atoms. The Bertz CT molecular complexity index is 2150. The van der Waals surface area contributed by atoms with Gasteiger partial charge in [0.1, 0.15) is 13.2 Å². The molecule has 0 atom stereocenters. The number of aliphatic hydroxyl groups excluding tert-OH is 2. The molecule has 17 nitrogen and oxygen atoms in total. The SMILES string of the molecule is CC(=O)O.CCc1c(CC)c2cc3nc(cnc4cc(OCCOCCOCCOC)c(OCCOCCOCCOC)cc4ncc4nc(cc1[nH]2)C(CCCO)=C4C)C(C)=C3CCCO.[Ga+3]. The first-order valence-corrected chi connectivity index (χ1v) is 23.1. The van der Waals surface area contributed by atoms with Crippen LogP contribution < -0.4 is 9.47 Å². The van der Waals surface area contributed by atoms with Gasteiger partial charge in [0, 0.05) is 57.5 Å². The molecule has 0 amide bonds. The molecule has 0 aliphatic carbocycles. The molecule has 5 rings (SSSR count). The minimum absolute atomic E-state index is 0. The largest absolute Gasteiger partial charge is 3.00 e. The number of fused-ring (bicyclic) bond motifs is 7. The van der Waals surface area contributed by atoms with Gasteiger partial charge < -0.3 is 58.2 Å². The van der Waals surface area contributed by atoms with Crippen molar-refractivity contribution in [2.75, 3.05) is 107 Å². The van der Waals surface area contributed by atoms with Crippen molar-refractivity contribution in [3.63, 3.8) is 0 Å². The average Bonchev–Trinajstić information content (AvgIpc) is 3.91. The number of nitrogens with zero attached hydrogens (tertiary/aromatic N) is 4. The second-order valence-electron chi connectivity index (χ2n) is 15.5. The number of hydrogen-bond donors (Lipinski definition) is 4. The number of aromatic nitrogens is 5. The zero-order chi connectivity index (χ0) is 48.4. The van der Waals surface area contributed by atoms with Crippen LogP contribution in [-0.4, -0.2) is 173 Å². The van der Waals surface area contributed by atoms with Crippen LogP contribution in [0.4, 0.5) is 0 Å². The van der Waals surface area contributed by atoms with Gasteiger partial charge in [-0.1, -0.05) is 13.8 Å². The molecule has 0 fully saturated rings. The van der Waals surface area contributed by atoms with Gasteiger partial charge in [-0.15, -0.1) is 0 Å². The van der Waals surface area contributed by atoms with E-state index in [-0.39, 0.29) is 46.2 Å². The first kappa shape index (κ1) is 57.8. The number of carbonyl (C=O) groups is 1. The van der Waals surface area contributed by atoms with Crippen molar-refractivity contribution in [2.24, 2.45) is 0 Å². The van der Waals surface area contributed by atoms with E-state index in [2.05, 4.69) is 44.8 Å². The molecule has 0 saturated heterocycles. The van der Waals surface area contributed by atoms with E-state index in [1.165, 1.54) is 11.1 Å². The number of aliphatic carboxylic acids is 1. The Morgan fingerprint density at radius 2 is 0.926 bits per heavy atom. The molecule has 4 heterocycles. The predicted octanol–water partition coefficient (Wildman–Crippen LogP) is 6.70. The van der Waals surface area contributed by atoms with E-state index in [0.29, 0.717) is 114 Å². The minimum Gasteiger partial charge on any atom is -0.487 e. The smallest absolute Gasteiger partial charge is 0.487 e. The zero-order valence-electron chi connectivity index (χ0n) is 41.0. The zero-order valence-corrected chi connectivity index (χ0v) is 43.4. The molecule has 3 aromatic rings. The Kier molecular flexibility index (Phi) is 27.5. The van der Waals surface area contributed by atoms with Gasteiger partial charge in [0.15, 0.2) is 11.5 Å². The molecular formula is C50H71GaN5O12+3. The Morgan fingerprint density at radius 3 is 1.26 bits per heavy atom. The summed E-state index contributed by atoms with van der Waals surface area (Å²) in [4.78, 5) is 33.0. The van der Waals surface area contributed by atoms with Crippen molar-refractivity contribution >= 4 is 70.1 Å². The van der Waals surface area contributed by atoms with E-state index in [0.717, 1.165) is 75.9 Å². The number of aryl methyl sites for hydroxylation is 2. The molecule has 18 heteroatoms. The maximum absolute atomic E-state index is 9.86. The fraction of sp³-hybridized carbons (Fsp3) is 0.540. The first-order valence-electron chi connectivity index (χ1n) is 23.1. The molecule has 0 unspecified atom stereocenters. The molecule has 0 saturated carbocycles. The van der Waals surface area contributed by atoms with Gasteiger partial charge in [-0.25, -0.2) is 9.97 Å². The summed E-state index contributed by atoms with van der Waals surface area (Å²) >= 11 is 0. The van der Waals surface area contributed by atoms with E-state index < -0.39 is 5.97 Å². The van der Waals surface area contributed by atoms with E-state index in [1.807, 2.05) is 12.1 Å². The monoisotopic (exact) mass is 1000 g/mol. The maximum atomic E-state index is 9.86. The number of carboxylic acids is 1. The number of nitrogens with one attached hydrogen (secondary N) is 1. The number of hydrogen-bond acceptors (Lipinski definition) is 15. The van der Waals surface area contributed by atoms with Gasteiger partial charge in [-0.3, -0.25) is 14.8 Å². The van der Waals surface area contributed by atoms with Crippen molar-refractivity contribution < 1.29 is 58.0 Å². The van der Waals surface area contributed by atoms with E-state index in [4.69, 9.17) is 67.7 Å². The van der Waals surface area contributed by atoms with E-state index in [1.54, 1.807) is 26.6 Å². The number of allylic oxidation sites excluding steroid dienone is 4. The molecule has 68 heavy (non-hydrogen) atoms. The van der Waals surface area contributed by atoms with Crippen LogP contribution in [0.2, 0.25) is 0 Å². The average molecular weight is 1000 g/mol. The summed E-state index contributed by atoms with van der Waals surface area (Å²) in [6.07, 6.45) is 7.74. The summed E-state index contributed by atoms with van der Waals surface area (Å²) in [5.41, 5.74) is 12.8. The molecule has 2 aliphatic rings. The molecule has 0 radical (unpaired) electrons. The van der Waals surface area contributed by atoms with Crippen LogP contribution in [0, 0.1) is 0 Å². The van der Waals surface area contributed by atoms with Gasteiger partial charge in [0.25, 0.3) is 5.97 Å². The van der Waals surface area contributed by atoms with Gasteiger partial charge in [0.05, 0.1) is 112 Å². The summed E-state index contributed by atoms with van der Waals surface area (Å²) in [6, 6.07) is 7.90. The van der Waals surface area contributed by atoms with Crippen molar-refractivity contribution in [3.8, 4) is 11.5 Å². The third-order valence-electron chi connectivity index (χ3n) is 10.8. The summed E-state index contributed by atoms with van der Waals surface area (Å²) in [5.74, 6) is 0.0956. The molecule has 368 valence electrons. The Hall–Kier alpha value is -4.47. The maximum Gasteiger partial charge on any atom is 3.00 e. The molecule has 1 aromatic carbocycles. The Labute approximate surface area is 413 Å². The van der Waals surface area contributed by atoms with Crippen LogP contribution in [0.5, 0.6) is 11.5 Å². The van der Waals surface area contributed by atoms with E-state index >= 15 is 0 Å². The topological polar surface area (TPSA) is 219 Å². The van der Waals surface area contributed by atoms with Crippen LogP contribution in [0.1, 0.15) is 94.2 Å². The number of aliphatic hydroxyl groups is 2. The Balaban J connectivity index is 0.00000235. The number of carboxylic acid groups (broad SMARTS) is 1.